The Hall–Kier alpha value is -4.14. The lowest BCUT2D eigenvalue weighted by molar-refractivity contribution is -0.142. The molecule has 282 valence electrons. The number of cyclic esters (lactones) is 1. The molecule has 3 N–H and O–H groups in total. The predicted molar refractivity (Wildman–Crippen MR) is 188 cm³/mol. The second-order valence-electron chi connectivity index (χ2n) is 15.3. The zero-order valence-corrected chi connectivity index (χ0v) is 30.3. The van der Waals surface area contributed by atoms with Gasteiger partial charge in [-0.15, -0.1) is 6.58 Å². The van der Waals surface area contributed by atoms with Gasteiger partial charge < -0.3 is 25.0 Å². The Morgan fingerprint density at radius 3 is 2.46 bits per heavy atom. The van der Waals surface area contributed by atoms with Gasteiger partial charge in [-0.25, -0.2) is 18.0 Å². The fraction of sp³-hybridized carbons (Fsp3) is 0.649. The molecule has 3 aliphatic carbocycles. The Kier molecular flexibility index (Phi) is 10.2. The van der Waals surface area contributed by atoms with Gasteiger partial charge in [0.05, 0.1) is 18.4 Å². The van der Waals surface area contributed by atoms with Crippen LogP contribution in [0.4, 0.5) is 9.59 Å². The zero-order valence-electron chi connectivity index (χ0n) is 29.5. The van der Waals surface area contributed by atoms with E-state index in [1.807, 2.05) is 12.1 Å². The second-order valence-corrected chi connectivity index (χ2v) is 17.3. The molecule has 6 aliphatic rings. The summed E-state index contributed by atoms with van der Waals surface area (Å²) in [4.78, 5) is 72.0. The average molecular weight is 740 g/mol. The van der Waals surface area contributed by atoms with Gasteiger partial charge >= 0.3 is 12.2 Å². The summed E-state index contributed by atoms with van der Waals surface area (Å²) in [7, 11) is -3.90. The Bertz CT molecular complexity index is 1720. The molecule has 0 aromatic heterocycles. The van der Waals surface area contributed by atoms with Crippen molar-refractivity contribution in [2.24, 2.45) is 11.8 Å². The molecule has 1 aromatic carbocycles. The number of aryl methyl sites for hydroxylation is 1. The van der Waals surface area contributed by atoms with E-state index in [1.54, 1.807) is 4.90 Å². The Labute approximate surface area is 304 Å². The van der Waals surface area contributed by atoms with Crippen LogP contribution in [0.3, 0.4) is 0 Å². The van der Waals surface area contributed by atoms with Gasteiger partial charge in [0.2, 0.25) is 21.8 Å². The van der Waals surface area contributed by atoms with Gasteiger partial charge in [0, 0.05) is 25.4 Å². The van der Waals surface area contributed by atoms with Gasteiger partial charge in [0.15, 0.2) is 0 Å². The molecule has 5 unspecified atom stereocenters. The molecule has 4 fully saturated rings. The third-order valence-corrected chi connectivity index (χ3v) is 13.5. The van der Waals surface area contributed by atoms with E-state index < -0.39 is 74.8 Å². The van der Waals surface area contributed by atoms with Gasteiger partial charge in [0.25, 0.3) is 5.91 Å². The number of hydrogen-bond acceptors (Lipinski definition) is 9. The van der Waals surface area contributed by atoms with Crippen LogP contribution in [-0.4, -0.2) is 90.3 Å². The summed E-state index contributed by atoms with van der Waals surface area (Å²) in [6.45, 7) is 4.64. The van der Waals surface area contributed by atoms with E-state index in [-0.39, 0.29) is 31.9 Å². The van der Waals surface area contributed by atoms with Crippen LogP contribution in [0.15, 0.2) is 30.9 Å². The minimum absolute atomic E-state index is 0.0476. The highest BCUT2D eigenvalue weighted by Crippen LogP contribution is 2.45. The normalized spacial score (nSPS) is 30.2. The van der Waals surface area contributed by atoms with E-state index in [1.165, 1.54) is 11.0 Å². The summed E-state index contributed by atoms with van der Waals surface area (Å²) in [5.41, 5.74) is 1.75. The molecule has 5 amide bonds. The number of nitrogens with one attached hydrogen (secondary N) is 3. The van der Waals surface area contributed by atoms with E-state index in [4.69, 9.17) is 9.47 Å². The minimum Gasteiger partial charge on any atom is -0.450 e. The molecule has 7 rings (SSSR count). The lowest BCUT2D eigenvalue weighted by Crippen LogP contribution is -2.59. The van der Waals surface area contributed by atoms with Crippen LogP contribution in [-0.2, 0) is 53.4 Å². The van der Waals surface area contributed by atoms with Crippen molar-refractivity contribution >= 4 is 39.9 Å². The number of rotatable bonds is 7. The summed E-state index contributed by atoms with van der Waals surface area (Å²) in [6.07, 6.45) is 7.80. The monoisotopic (exact) mass is 739 g/mol. The molecule has 15 heteroatoms. The highest BCUT2D eigenvalue weighted by atomic mass is 32.2. The third-order valence-electron chi connectivity index (χ3n) is 11.7. The number of benzene rings is 1. The predicted octanol–water partition coefficient (Wildman–Crippen LogP) is 3.18. The fourth-order valence-corrected chi connectivity index (χ4v) is 9.79. The smallest absolute Gasteiger partial charge is 0.410 e. The van der Waals surface area contributed by atoms with E-state index in [0.29, 0.717) is 45.2 Å². The van der Waals surface area contributed by atoms with Gasteiger partial charge in [-0.05, 0) is 80.4 Å². The Balaban J connectivity index is 1.16. The van der Waals surface area contributed by atoms with Crippen molar-refractivity contribution in [2.45, 2.75) is 126 Å². The number of ether oxygens (including phenoxy) is 2. The molecule has 3 heterocycles. The maximum Gasteiger partial charge on any atom is 0.410 e. The van der Waals surface area contributed by atoms with Crippen LogP contribution in [0.1, 0.15) is 93.7 Å². The number of carbonyl (C=O) groups is 5. The zero-order chi connectivity index (χ0) is 36.6. The third kappa shape index (κ3) is 7.51. The van der Waals surface area contributed by atoms with Crippen LogP contribution >= 0.6 is 0 Å². The molecular formula is C37H49N5O9S. The summed E-state index contributed by atoms with van der Waals surface area (Å²) in [6, 6.07) is 3.91. The Morgan fingerprint density at radius 2 is 1.73 bits per heavy atom. The lowest BCUT2D eigenvalue weighted by atomic mass is 9.83. The van der Waals surface area contributed by atoms with Gasteiger partial charge in [-0.1, -0.05) is 43.5 Å². The quantitative estimate of drug-likeness (QED) is 0.354. The number of sulfonamides is 1. The van der Waals surface area contributed by atoms with Crippen molar-refractivity contribution in [1.82, 2.24) is 25.2 Å². The van der Waals surface area contributed by atoms with Gasteiger partial charge in [-0.3, -0.25) is 24.0 Å². The maximum atomic E-state index is 14.6. The average Bonchev–Trinajstić information content (AvgIpc) is 4.02. The maximum absolute atomic E-state index is 14.6. The summed E-state index contributed by atoms with van der Waals surface area (Å²) >= 11 is 0. The molecular weight excluding hydrogens is 691 g/mol. The van der Waals surface area contributed by atoms with Crippen LogP contribution in [0.5, 0.6) is 0 Å². The largest absolute Gasteiger partial charge is 0.450 e. The topological polar surface area (TPSA) is 181 Å². The molecule has 52 heavy (non-hydrogen) atoms. The van der Waals surface area contributed by atoms with Crippen LogP contribution in [0.2, 0.25) is 0 Å². The number of nitrogens with zero attached hydrogens (tertiary/aromatic N) is 2. The van der Waals surface area contributed by atoms with Crippen LogP contribution in [0.25, 0.3) is 0 Å². The van der Waals surface area contributed by atoms with Crippen molar-refractivity contribution in [3.63, 3.8) is 0 Å². The molecule has 5 atom stereocenters. The molecule has 0 spiro atoms. The number of fused-ring (bicyclic) bond motifs is 3. The first kappa shape index (κ1) is 36.2. The number of carbonyl (C=O) groups excluding carboxylic acids is 5. The summed E-state index contributed by atoms with van der Waals surface area (Å²) in [5.74, 6) is -2.74. The molecule has 3 saturated carbocycles. The van der Waals surface area contributed by atoms with E-state index >= 15 is 0 Å². The highest BCUT2D eigenvalue weighted by Gasteiger charge is 2.62. The van der Waals surface area contributed by atoms with E-state index in [9.17, 15) is 32.4 Å². The van der Waals surface area contributed by atoms with Crippen LogP contribution in [0, 0.1) is 11.8 Å². The number of hydrogen-bond donors (Lipinski definition) is 3. The van der Waals surface area contributed by atoms with Crippen molar-refractivity contribution in [1.29, 1.82) is 0 Å². The highest BCUT2D eigenvalue weighted by molar-refractivity contribution is 7.91. The number of alkyl carbamates (subject to hydrolysis) is 1. The van der Waals surface area contributed by atoms with Crippen LogP contribution < -0.4 is 15.4 Å². The first-order valence-electron chi connectivity index (χ1n) is 18.8. The van der Waals surface area contributed by atoms with Gasteiger partial charge in [0.1, 0.15) is 23.7 Å². The molecule has 4 bridgehead atoms. The second kappa shape index (κ2) is 14.7. The van der Waals surface area contributed by atoms with Gasteiger partial charge in [-0.2, -0.15) is 0 Å². The summed E-state index contributed by atoms with van der Waals surface area (Å²) in [5, 5.41) is 4.96. The number of amides is 5. The standard InChI is InChI=1S/C37H49N5O9S/c1-2-26-19-37(26,34(45)40-52(48,49)28-15-16-28)39-32(43)30-18-27-21-42(30)33(44)31(24-11-5-3-6-12-24)38-35(46)50-17-8-4-7-10-23-13-9-14-25-20-41(22-29(23)25)36(47)51-27/h2,9,13-14,24,26-28,30-31H,1,3-8,10-12,15-22H2,(H,38,46)(H,39,43)(H,40,45). The van der Waals surface area contributed by atoms with E-state index in [2.05, 4.69) is 28.0 Å². The van der Waals surface area contributed by atoms with Crippen molar-refractivity contribution in [3.05, 3.63) is 47.5 Å². The van der Waals surface area contributed by atoms with Crippen molar-refractivity contribution in [2.75, 3.05) is 13.2 Å². The molecule has 14 nitrogen and oxygen atoms in total. The SMILES string of the molecule is C=CC1CC1(NC(=O)C1CC2CN1C(=O)C(C1CCCCC1)NC(=O)OCCCCCc1cccc3c1CN(C3)C(=O)O2)C(=O)NS(=O)(=O)C1CC1. The molecule has 1 aromatic rings. The first-order valence-corrected chi connectivity index (χ1v) is 20.3. The lowest BCUT2D eigenvalue weighted by Gasteiger charge is -2.34. The van der Waals surface area contributed by atoms with Crippen molar-refractivity contribution < 1.29 is 41.9 Å². The van der Waals surface area contributed by atoms with Crippen molar-refractivity contribution in [3.8, 4) is 0 Å². The summed E-state index contributed by atoms with van der Waals surface area (Å²) < 4.78 is 39.1. The molecule has 3 aliphatic heterocycles. The fourth-order valence-electron chi connectivity index (χ4n) is 8.42. The molecule has 1 saturated heterocycles. The van der Waals surface area contributed by atoms with E-state index in [0.717, 1.165) is 55.2 Å². The molecule has 0 radical (unpaired) electrons. The first-order chi connectivity index (χ1) is 25.0. The minimum atomic E-state index is -3.90. The Morgan fingerprint density at radius 1 is 0.981 bits per heavy atom.